The Kier molecular flexibility index (Phi) is 8.75. The number of carbonyl (C=O) groups is 1. The Labute approximate surface area is 227 Å². The highest BCUT2D eigenvalue weighted by molar-refractivity contribution is 5.80. The van der Waals surface area contributed by atoms with Gasteiger partial charge in [0.15, 0.2) is 0 Å². The molecule has 2 aromatic rings. The first-order chi connectivity index (χ1) is 18.1. The Morgan fingerprint density at radius 2 is 1.58 bits per heavy atom. The van der Waals surface area contributed by atoms with Gasteiger partial charge in [-0.2, -0.15) is 5.10 Å². The van der Waals surface area contributed by atoms with Crippen LogP contribution < -0.4 is 10.7 Å². The third-order valence-electron chi connectivity index (χ3n) is 7.70. The summed E-state index contributed by atoms with van der Waals surface area (Å²) in [5.74, 6) is 4.88. The molecule has 2 aromatic carbocycles. The number of esters is 1. The lowest BCUT2D eigenvalue weighted by atomic mass is 9.85. The normalized spacial score (nSPS) is 20.8. The van der Waals surface area contributed by atoms with Crippen molar-refractivity contribution >= 4 is 17.9 Å². The predicted molar refractivity (Wildman–Crippen MR) is 152 cm³/mol. The van der Waals surface area contributed by atoms with Crippen molar-refractivity contribution in [1.29, 1.82) is 0 Å². The largest absolute Gasteiger partial charge is 0.459 e. The van der Waals surface area contributed by atoms with E-state index < -0.39 is 17.2 Å². The van der Waals surface area contributed by atoms with Gasteiger partial charge in [-0.1, -0.05) is 42.5 Å². The van der Waals surface area contributed by atoms with Gasteiger partial charge in [-0.3, -0.25) is 14.6 Å². The van der Waals surface area contributed by atoms with Crippen LogP contribution in [0.2, 0.25) is 0 Å². The summed E-state index contributed by atoms with van der Waals surface area (Å²) >= 11 is 0. The summed E-state index contributed by atoms with van der Waals surface area (Å²) in [7, 11) is 0. The van der Waals surface area contributed by atoms with Gasteiger partial charge in [0.1, 0.15) is 17.2 Å². The van der Waals surface area contributed by atoms with Crippen molar-refractivity contribution in [2.45, 2.75) is 63.8 Å². The summed E-state index contributed by atoms with van der Waals surface area (Å²) in [6, 6.07) is 17.5. The molecule has 8 nitrogen and oxygen atoms in total. The number of hydrazone groups is 1. The number of aliphatic hydroxyl groups is 1. The van der Waals surface area contributed by atoms with Crippen LogP contribution in [-0.2, 0) is 15.1 Å². The van der Waals surface area contributed by atoms with Gasteiger partial charge >= 0.3 is 5.97 Å². The molecule has 2 unspecified atom stereocenters. The minimum absolute atomic E-state index is 0.373. The highest BCUT2D eigenvalue weighted by Crippen LogP contribution is 2.33. The molecule has 2 saturated heterocycles. The summed E-state index contributed by atoms with van der Waals surface area (Å²) in [4.78, 5) is 20.6. The van der Waals surface area contributed by atoms with E-state index in [-0.39, 0.29) is 5.97 Å². The number of benzene rings is 2. The number of rotatable bonds is 7. The zero-order valence-electron chi connectivity index (χ0n) is 23.2. The van der Waals surface area contributed by atoms with Crippen molar-refractivity contribution in [3.05, 3.63) is 65.7 Å². The molecular formula is C30H43N5O3. The van der Waals surface area contributed by atoms with Crippen LogP contribution in [0.25, 0.3) is 0 Å². The fourth-order valence-electron chi connectivity index (χ4n) is 5.74. The standard InChI is InChI=1S/C30H43N5O3/c1-29(2,3)38-28(36)27(30(4,37)24-8-6-5-7-9-24)35-16-14-26(15-17-35)34-20-18-33(19-21-34)25-12-10-23(11-13-25)22-32-31/h5-13,22,26-27,37H,14-21,31H2,1-4H3. The molecule has 2 aliphatic rings. The fourth-order valence-corrected chi connectivity index (χ4v) is 5.74. The van der Waals surface area contributed by atoms with Gasteiger partial charge in [0.2, 0.25) is 0 Å². The number of anilines is 1. The van der Waals surface area contributed by atoms with E-state index in [2.05, 4.69) is 31.9 Å². The van der Waals surface area contributed by atoms with Crippen molar-refractivity contribution in [1.82, 2.24) is 9.80 Å². The lowest BCUT2D eigenvalue weighted by Crippen LogP contribution is -2.60. The number of piperidine rings is 1. The second kappa shape index (κ2) is 11.8. The lowest BCUT2D eigenvalue weighted by Gasteiger charge is -2.46. The van der Waals surface area contributed by atoms with Crippen LogP contribution in [-0.4, -0.2) is 84.0 Å². The fraction of sp³-hybridized carbons (Fsp3) is 0.533. The van der Waals surface area contributed by atoms with E-state index >= 15 is 0 Å². The Hall–Kier alpha value is -2.94. The van der Waals surface area contributed by atoms with Crippen molar-refractivity contribution in [2.24, 2.45) is 10.9 Å². The maximum absolute atomic E-state index is 13.4. The van der Waals surface area contributed by atoms with Gasteiger partial charge in [0, 0.05) is 51.0 Å². The third kappa shape index (κ3) is 6.73. The second-order valence-corrected chi connectivity index (χ2v) is 11.6. The molecule has 2 aliphatic heterocycles. The number of piperazine rings is 1. The van der Waals surface area contributed by atoms with Crippen molar-refractivity contribution in [3.8, 4) is 0 Å². The third-order valence-corrected chi connectivity index (χ3v) is 7.70. The van der Waals surface area contributed by atoms with Crippen molar-refractivity contribution in [3.63, 3.8) is 0 Å². The quantitative estimate of drug-likeness (QED) is 0.250. The average molecular weight is 522 g/mol. The van der Waals surface area contributed by atoms with E-state index in [4.69, 9.17) is 10.6 Å². The van der Waals surface area contributed by atoms with Crippen LogP contribution in [0.5, 0.6) is 0 Å². The van der Waals surface area contributed by atoms with Crippen LogP contribution >= 0.6 is 0 Å². The van der Waals surface area contributed by atoms with Gasteiger partial charge < -0.3 is 20.6 Å². The Morgan fingerprint density at radius 1 is 0.974 bits per heavy atom. The summed E-state index contributed by atoms with van der Waals surface area (Å²) in [5, 5.41) is 15.3. The Morgan fingerprint density at radius 3 is 2.13 bits per heavy atom. The summed E-state index contributed by atoms with van der Waals surface area (Å²) < 4.78 is 5.81. The minimum Gasteiger partial charge on any atom is -0.459 e. The molecule has 38 heavy (non-hydrogen) atoms. The van der Waals surface area contributed by atoms with E-state index in [0.29, 0.717) is 6.04 Å². The average Bonchev–Trinajstić information content (AvgIpc) is 2.89. The van der Waals surface area contributed by atoms with Crippen LogP contribution in [0.15, 0.2) is 59.7 Å². The zero-order valence-corrected chi connectivity index (χ0v) is 23.2. The maximum atomic E-state index is 13.4. The molecule has 0 spiro atoms. The molecule has 0 bridgehead atoms. The van der Waals surface area contributed by atoms with E-state index in [1.165, 1.54) is 5.69 Å². The maximum Gasteiger partial charge on any atom is 0.327 e. The van der Waals surface area contributed by atoms with E-state index in [0.717, 1.165) is 63.2 Å². The molecule has 0 aliphatic carbocycles. The van der Waals surface area contributed by atoms with Gasteiger partial charge in [0.05, 0.1) is 6.21 Å². The van der Waals surface area contributed by atoms with Crippen LogP contribution in [0.4, 0.5) is 5.69 Å². The summed E-state index contributed by atoms with van der Waals surface area (Å²) in [6.07, 6.45) is 3.56. The van der Waals surface area contributed by atoms with E-state index in [1.54, 1.807) is 13.1 Å². The molecule has 0 aromatic heterocycles. The molecule has 8 heteroatoms. The molecular weight excluding hydrogens is 478 g/mol. The van der Waals surface area contributed by atoms with Crippen LogP contribution in [0, 0.1) is 0 Å². The molecule has 2 atom stereocenters. The molecule has 0 amide bonds. The molecule has 2 fully saturated rings. The summed E-state index contributed by atoms with van der Waals surface area (Å²) in [5.41, 5.74) is 0.943. The smallest absolute Gasteiger partial charge is 0.327 e. The minimum atomic E-state index is -1.37. The number of nitrogens with two attached hydrogens (primary N) is 1. The number of ether oxygens (including phenoxy) is 1. The molecule has 0 saturated carbocycles. The van der Waals surface area contributed by atoms with Crippen molar-refractivity contribution < 1.29 is 14.6 Å². The highest BCUT2D eigenvalue weighted by Gasteiger charge is 2.46. The van der Waals surface area contributed by atoms with Gasteiger partial charge in [-0.05, 0) is 63.8 Å². The SMILES string of the molecule is CC(C)(C)OC(=O)C(N1CCC(N2CCN(c3ccc(C=NN)cc3)CC2)CC1)C(C)(O)c1ccccc1. The highest BCUT2D eigenvalue weighted by atomic mass is 16.6. The summed E-state index contributed by atoms with van der Waals surface area (Å²) in [6.45, 7) is 12.8. The number of nitrogens with zero attached hydrogens (tertiary/aromatic N) is 4. The monoisotopic (exact) mass is 521 g/mol. The molecule has 3 N–H and O–H groups in total. The number of hydrogen-bond acceptors (Lipinski definition) is 8. The Balaban J connectivity index is 1.38. The van der Waals surface area contributed by atoms with E-state index in [9.17, 15) is 9.90 Å². The van der Waals surface area contributed by atoms with Crippen LogP contribution in [0.1, 0.15) is 51.7 Å². The van der Waals surface area contributed by atoms with Gasteiger partial charge in [0.25, 0.3) is 0 Å². The first-order valence-corrected chi connectivity index (χ1v) is 13.7. The first-order valence-electron chi connectivity index (χ1n) is 13.7. The Bertz CT molecular complexity index is 1070. The predicted octanol–water partition coefficient (Wildman–Crippen LogP) is 3.18. The lowest BCUT2D eigenvalue weighted by molar-refractivity contribution is -0.174. The molecule has 0 radical (unpaired) electrons. The first kappa shape index (κ1) is 28.1. The van der Waals surface area contributed by atoms with Gasteiger partial charge in [-0.15, -0.1) is 0 Å². The molecule has 206 valence electrons. The number of carbonyl (C=O) groups excluding carboxylic acids is 1. The topological polar surface area (TPSA) is 94.6 Å². The van der Waals surface area contributed by atoms with Crippen LogP contribution in [0.3, 0.4) is 0 Å². The second-order valence-electron chi connectivity index (χ2n) is 11.6. The number of likely N-dealkylation sites (tertiary alicyclic amines) is 1. The number of hydrogen-bond donors (Lipinski definition) is 2. The van der Waals surface area contributed by atoms with E-state index in [1.807, 2.05) is 63.2 Å². The molecule has 2 heterocycles. The zero-order chi connectivity index (χ0) is 27.3. The van der Waals surface area contributed by atoms with Crippen molar-refractivity contribution in [2.75, 3.05) is 44.2 Å². The van der Waals surface area contributed by atoms with Gasteiger partial charge in [-0.25, -0.2) is 0 Å². The molecule has 4 rings (SSSR count).